The van der Waals surface area contributed by atoms with E-state index in [4.69, 9.17) is 5.11 Å². The Morgan fingerprint density at radius 3 is 2.62 bits per heavy atom. The summed E-state index contributed by atoms with van der Waals surface area (Å²) in [6.45, 7) is 4.22. The van der Waals surface area contributed by atoms with Crippen LogP contribution in [-0.2, 0) is 4.79 Å². The molecule has 0 aromatic carbocycles. The maximum Gasteiger partial charge on any atom is 0.304 e. The molecule has 0 aromatic rings. The van der Waals surface area contributed by atoms with Gasteiger partial charge < -0.3 is 10.0 Å². The van der Waals surface area contributed by atoms with Crippen LogP contribution in [0.15, 0.2) is 0 Å². The fourth-order valence-electron chi connectivity index (χ4n) is 2.86. The third-order valence-corrected chi connectivity index (χ3v) is 3.76. The average Bonchev–Trinajstić information content (AvgIpc) is 2.96. The van der Waals surface area contributed by atoms with Crippen LogP contribution in [-0.4, -0.2) is 59.1 Å². The van der Waals surface area contributed by atoms with E-state index in [2.05, 4.69) is 23.8 Å². The quantitative estimate of drug-likeness (QED) is 0.780. The summed E-state index contributed by atoms with van der Waals surface area (Å²) in [7, 11) is 2.10. The molecule has 0 spiro atoms. The molecule has 16 heavy (non-hydrogen) atoms. The summed E-state index contributed by atoms with van der Waals surface area (Å²) in [4.78, 5) is 15.7. The van der Waals surface area contributed by atoms with E-state index in [1.807, 2.05) is 0 Å². The van der Waals surface area contributed by atoms with Crippen molar-refractivity contribution in [3.8, 4) is 0 Å². The summed E-state index contributed by atoms with van der Waals surface area (Å²) in [6, 6.07) is 1.39. The van der Waals surface area contributed by atoms with Crippen molar-refractivity contribution in [3.63, 3.8) is 0 Å². The first-order valence-electron chi connectivity index (χ1n) is 6.25. The largest absolute Gasteiger partial charge is 0.481 e. The van der Waals surface area contributed by atoms with Crippen molar-refractivity contribution in [1.29, 1.82) is 0 Å². The molecular formula is C12H22N2O2. The van der Waals surface area contributed by atoms with Crippen LogP contribution in [0.1, 0.15) is 32.6 Å². The Hall–Kier alpha value is -0.610. The van der Waals surface area contributed by atoms with Crippen molar-refractivity contribution in [3.05, 3.63) is 0 Å². The number of hydrogen-bond donors (Lipinski definition) is 1. The van der Waals surface area contributed by atoms with Gasteiger partial charge in [0.1, 0.15) is 0 Å². The average molecular weight is 226 g/mol. The van der Waals surface area contributed by atoms with Gasteiger partial charge in [0, 0.05) is 24.7 Å². The number of hydrogen-bond acceptors (Lipinski definition) is 3. The molecule has 2 unspecified atom stereocenters. The first-order chi connectivity index (χ1) is 7.58. The minimum atomic E-state index is -0.668. The molecule has 0 aromatic heterocycles. The van der Waals surface area contributed by atoms with Crippen molar-refractivity contribution in [2.75, 3.05) is 20.1 Å². The molecule has 1 saturated heterocycles. The summed E-state index contributed by atoms with van der Waals surface area (Å²) in [5.41, 5.74) is 0. The van der Waals surface area contributed by atoms with Gasteiger partial charge in [0.15, 0.2) is 0 Å². The van der Waals surface area contributed by atoms with E-state index in [1.54, 1.807) is 0 Å². The molecule has 1 heterocycles. The van der Waals surface area contributed by atoms with Gasteiger partial charge in [-0.1, -0.05) is 0 Å². The number of carboxylic acids is 1. The zero-order valence-electron chi connectivity index (χ0n) is 10.2. The Kier molecular flexibility index (Phi) is 3.50. The van der Waals surface area contributed by atoms with Crippen LogP contribution in [0.5, 0.6) is 0 Å². The van der Waals surface area contributed by atoms with E-state index in [0.717, 1.165) is 19.5 Å². The predicted octanol–water partition coefficient (Wildman–Crippen LogP) is 1.02. The van der Waals surface area contributed by atoms with E-state index in [0.29, 0.717) is 12.1 Å². The molecule has 4 heteroatoms. The minimum absolute atomic E-state index is 0.201. The molecule has 1 saturated carbocycles. The Balaban J connectivity index is 2.09. The van der Waals surface area contributed by atoms with Crippen LogP contribution in [0.25, 0.3) is 0 Å². The van der Waals surface area contributed by atoms with Crippen LogP contribution < -0.4 is 0 Å². The monoisotopic (exact) mass is 226 g/mol. The number of rotatable bonds is 3. The lowest BCUT2D eigenvalue weighted by atomic mass is 10.1. The predicted molar refractivity (Wildman–Crippen MR) is 62.5 cm³/mol. The lowest BCUT2D eigenvalue weighted by Crippen LogP contribution is -2.46. The Labute approximate surface area is 97.2 Å². The van der Waals surface area contributed by atoms with Gasteiger partial charge in [-0.3, -0.25) is 9.69 Å². The Morgan fingerprint density at radius 2 is 2.06 bits per heavy atom. The zero-order valence-corrected chi connectivity index (χ0v) is 10.2. The van der Waals surface area contributed by atoms with E-state index in [1.165, 1.54) is 12.8 Å². The Morgan fingerprint density at radius 1 is 1.38 bits per heavy atom. The molecule has 4 nitrogen and oxygen atoms in total. The molecule has 1 N–H and O–H groups in total. The molecule has 0 radical (unpaired) electrons. The van der Waals surface area contributed by atoms with Gasteiger partial charge in [0.2, 0.25) is 0 Å². The topological polar surface area (TPSA) is 43.8 Å². The standard InChI is InChI=1S/C12H22N2O2/c1-9-5-6-13(2)8-11(7-12(15)16)14(9)10-3-4-10/h9-11H,3-8H2,1-2H3,(H,15,16). The maximum absolute atomic E-state index is 10.9. The van der Waals surface area contributed by atoms with Crippen molar-refractivity contribution >= 4 is 5.97 Å². The summed E-state index contributed by atoms with van der Waals surface area (Å²) in [5.74, 6) is -0.668. The first-order valence-corrected chi connectivity index (χ1v) is 6.25. The molecule has 1 aliphatic carbocycles. The molecule has 2 atom stereocenters. The second-order valence-corrected chi connectivity index (χ2v) is 5.33. The van der Waals surface area contributed by atoms with E-state index in [-0.39, 0.29) is 12.5 Å². The van der Waals surface area contributed by atoms with Crippen LogP contribution >= 0.6 is 0 Å². The molecule has 2 aliphatic rings. The van der Waals surface area contributed by atoms with Crippen molar-refractivity contribution in [1.82, 2.24) is 9.80 Å². The smallest absolute Gasteiger partial charge is 0.304 e. The highest BCUT2D eigenvalue weighted by atomic mass is 16.4. The Bertz CT molecular complexity index is 266. The van der Waals surface area contributed by atoms with Crippen molar-refractivity contribution in [2.45, 2.75) is 50.7 Å². The normalized spacial score (nSPS) is 33.6. The van der Waals surface area contributed by atoms with Gasteiger partial charge in [-0.05, 0) is 39.8 Å². The van der Waals surface area contributed by atoms with Crippen LogP contribution in [0.4, 0.5) is 0 Å². The van der Waals surface area contributed by atoms with Gasteiger partial charge in [0.25, 0.3) is 0 Å². The molecule has 92 valence electrons. The number of likely N-dealkylation sites (N-methyl/N-ethyl adjacent to an activating group) is 1. The van der Waals surface area contributed by atoms with Gasteiger partial charge in [-0.15, -0.1) is 0 Å². The van der Waals surface area contributed by atoms with E-state index >= 15 is 0 Å². The summed E-state index contributed by atoms with van der Waals surface area (Å²) in [6.07, 6.45) is 3.95. The molecule has 2 fully saturated rings. The SMILES string of the molecule is CC1CCN(C)CC(CC(=O)O)N1C1CC1. The lowest BCUT2D eigenvalue weighted by Gasteiger charge is -2.34. The summed E-state index contributed by atoms with van der Waals surface area (Å²) >= 11 is 0. The fraction of sp³-hybridized carbons (Fsp3) is 0.917. The molecule has 2 rings (SSSR count). The molecular weight excluding hydrogens is 204 g/mol. The fourth-order valence-corrected chi connectivity index (χ4v) is 2.86. The molecule has 0 amide bonds. The number of carboxylic acid groups (broad SMARTS) is 1. The van der Waals surface area contributed by atoms with E-state index in [9.17, 15) is 4.79 Å². The highest BCUT2D eigenvalue weighted by Gasteiger charge is 2.39. The van der Waals surface area contributed by atoms with Gasteiger partial charge in [-0.2, -0.15) is 0 Å². The van der Waals surface area contributed by atoms with Crippen LogP contribution in [0.3, 0.4) is 0 Å². The number of nitrogens with zero attached hydrogens (tertiary/aromatic N) is 2. The highest BCUT2D eigenvalue weighted by Crippen LogP contribution is 2.33. The van der Waals surface area contributed by atoms with Crippen molar-refractivity contribution < 1.29 is 9.90 Å². The minimum Gasteiger partial charge on any atom is -0.481 e. The third-order valence-electron chi connectivity index (χ3n) is 3.76. The second-order valence-electron chi connectivity index (χ2n) is 5.33. The van der Waals surface area contributed by atoms with Crippen LogP contribution in [0.2, 0.25) is 0 Å². The van der Waals surface area contributed by atoms with Crippen LogP contribution in [0, 0.1) is 0 Å². The number of aliphatic carboxylic acids is 1. The first kappa shape index (κ1) is 11.9. The zero-order chi connectivity index (χ0) is 11.7. The second kappa shape index (κ2) is 4.72. The van der Waals surface area contributed by atoms with E-state index < -0.39 is 5.97 Å². The van der Waals surface area contributed by atoms with Gasteiger partial charge in [0.05, 0.1) is 6.42 Å². The molecule has 1 aliphatic heterocycles. The molecule has 0 bridgehead atoms. The lowest BCUT2D eigenvalue weighted by molar-refractivity contribution is -0.138. The number of carbonyl (C=O) groups is 1. The van der Waals surface area contributed by atoms with Gasteiger partial charge >= 0.3 is 5.97 Å². The summed E-state index contributed by atoms with van der Waals surface area (Å²) < 4.78 is 0. The maximum atomic E-state index is 10.9. The highest BCUT2D eigenvalue weighted by molar-refractivity contribution is 5.67. The van der Waals surface area contributed by atoms with Gasteiger partial charge in [-0.25, -0.2) is 0 Å². The van der Waals surface area contributed by atoms with Crippen molar-refractivity contribution in [2.24, 2.45) is 0 Å². The summed E-state index contributed by atoms with van der Waals surface area (Å²) in [5, 5.41) is 9.00. The third kappa shape index (κ3) is 2.74.